The summed E-state index contributed by atoms with van der Waals surface area (Å²) in [5.41, 5.74) is 0.204. The summed E-state index contributed by atoms with van der Waals surface area (Å²) >= 11 is 0. The molecule has 3 unspecified atom stereocenters. The number of nitrogens with zero attached hydrogens (tertiary/aromatic N) is 1. The molecule has 3 atom stereocenters. The third-order valence-electron chi connectivity index (χ3n) is 4.35. The van der Waals surface area contributed by atoms with E-state index in [1.54, 1.807) is 0 Å². The van der Waals surface area contributed by atoms with Crippen molar-refractivity contribution in [3.05, 3.63) is 0 Å². The second kappa shape index (κ2) is 5.70. The van der Waals surface area contributed by atoms with Gasteiger partial charge in [-0.2, -0.15) is 0 Å². The monoisotopic (exact) mass is 267 g/mol. The first-order valence-electron chi connectivity index (χ1n) is 7.63. The standard InChI is InChI=1S/C15H29N3O/c1-6-16-14(17-9-10(2)3)18-12-11-7-8-19-13(11)15(12,4)5/h10-13H,6-9H2,1-5H3,(H2,16,17,18). The minimum absolute atomic E-state index is 0.204. The van der Waals surface area contributed by atoms with E-state index in [1.165, 1.54) is 6.42 Å². The zero-order chi connectivity index (χ0) is 14.0. The summed E-state index contributed by atoms with van der Waals surface area (Å²) in [4.78, 5) is 4.67. The second-order valence-corrected chi connectivity index (χ2v) is 6.80. The van der Waals surface area contributed by atoms with Gasteiger partial charge in [-0.3, -0.25) is 4.99 Å². The zero-order valence-corrected chi connectivity index (χ0v) is 13.0. The molecule has 0 aromatic heterocycles. The minimum Gasteiger partial charge on any atom is -0.377 e. The lowest BCUT2D eigenvalue weighted by Gasteiger charge is -2.54. The molecule has 2 aliphatic rings. The van der Waals surface area contributed by atoms with Gasteiger partial charge in [0, 0.05) is 37.1 Å². The average molecular weight is 267 g/mol. The van der Waals surface area contributed by atoms with Crippen LogP contribution in [0.4, 0.5) is 0 Å². The number of fused-ring (bicyclic) bond motifs is 1. The van der Waals surface area contributed by atoms with Crippen LogP contribution in [0.25, 0.3) is 0 Å². The van der Waals surface area contributed by atoms with Crippen molar-refractivity contribution in [3.8, 4) is 0 Å². The van der Waals surface area contributed by atoms with Crippen LogP contribution in [0.3, 0.4) is 0 Å². The van der Waals surface area contributed by atoms with E-state index in [0.717, 1.165) is 25.7 Å². The van der Waals surface area contributed by atoms with Gasteiger partial charge in [0.1, 0.15) is 0 Å². The highest BCUT2D eigenvalue weighted by molar-refractivity contribution is 5.80. The molecule has 1 aliphatic heterocycles. The Morgan fingerprint density at radius 1 is 1.42 bits per heavy atom. The Kier molecular flexibility index (Phi) is 4.39. The minimum atomic E-state index is 0.204. The Labute approximate surface area is 117 Å². The van der Waals surface area contributed by atoms with Crippen LogP contribution in [0.2, 0.25) is 0 Å². The second-order valence-electron chi connectivity index (χ2n) is 6.80. The Morgan fingerprint density at radius 3 is 2.79 bits per heavy atom. The van der Waals surface area contributed by atoms with Crippen molar-refractivity contribution in [3.63, 3.8) is 0 Å². The number of aliphatic imine (C=N–C) groups is 1. The van der Waals surface area contributed by atoms with Gasteiger partial charge in [0.2, 0.25) is 0 Å². The SMILES string of the molecule is CCNC(=NCC(C)C)NC1C2CCOC2C1(C)C. The van der Waals surface area contributed by atoms with Crippen LogP contribution >= 0.6 is 0 Å². The summed E-state index contributed by atoms with van der Waals surface area (Å²) in [6, 6.07) is 0.477. The summed E-state index contributed by atoms with van der Waals surface area (Å²) < 4.78 is 5.84. The molecule has 1 saturated heterocycles. The largest absolute Gasteiger partial charge is 0.377 e. The van der Waals surface area contributed by atoms with Gasteiger partial charge in [0.05, 0.1) is 6.10 Å². The van der Waals surface area contributed by atoms with E-state index in [4.69, 9.17) is 4.74 Å². The average Bonchev–Trinajstić information content (AvgIpc) is 2.79. The Hall–Kier alpha value is -0.770. The lowest BCUT2D eigenvalue weighted by atomic mass is 9.57. The normalized spacial score (nSPS) is 32.9. The van der Waals surface area contributed by atoms with Crippen molar-refractivity contribution in [2.45, 2.75) is 53.2 Å². The van der Waals surface area contributed by atoms with Crippen molar-refractivity contribution in [1.82, 2.24) is 10.6 Å². The van der Waals surface area contributed by atoms with Gasteiger partial charge in [0.25, 0.3) is 0 Å². The molecule has 0 aromatic carbocycles. The van der Waals surface area contributed by atoms with Crippen molar-refractivity contribution < 1.29 is 4.74 Å². The smallest absolute Gasteiger partial charge is 0.191 e. The summed E-state index contributed by atoms with van der Waals surface area (Å²) in [7, 11) is 0. The Bertz CT molecular complexity index is 338. The molecule has 19 heavy (non-hydrogen) atoms. The molecule has 1 aliphatic carbocycles. The summed E-state index contributed by atoms with van der Waals surface area (Å²) in [5.74, 6) is 2.20. The first kappa shape index (κ1) is 14.6. The fourth-order valence-electron chi connectivity index (χ4n) is 3.36. The molecule has 110 valence electrons. The molecule has 2 rings (SSSR count). The van der Waals surface area contributed by atoms with Gasteiger partial charge in [-0.15, -0.1) is 0 Å². The molecule has 0 bridgehead atoms. The maximum absolute atomic E-state index is 5.84. The van der Waals surface area contributed by atoms with E-state index in [0.29, 0.717) is 24.0 Å². The summed E-state index contributed by atoms with van der Waals surface area (Å²) in [6.07, 6.45) is 1.60. The first-order valence-corrected chi connectivity index (χ1v) is 7.63. The van der Waals surface area contributed by atoms with Gasteiger partial charge < -0.3 is 15.4 Å². The number of guanidine groups is 1. The van der Waals surface area contributed by atoms with Crippen LogP contribution in [0, 0.1) is 17.3 Å². The van der Waals surface area contributed by atoms with E-state index >= 15 is 0 Å². The van der Waals surface area contributed by atoms with Gasteiger partial charge in [-0.05, 0) is 19.3 Å². The Balaban J connectivity index is 1.99. The van der Waals surface area contributed by atoms with Crippen LogP contribution < -0.4 is 10.6 Å². The summed E-state index contributed by atoms with van der Waals surface area (Å²) in [6.45, 7) is 13.8. The van der Waals surface area contributed by atoms with Crippen molar-refractivity contribution >= 4 is 5.96 Å². The third-order valence-corrected chi connectivity index (χ3v) is 4.35. The number of rotatable bonds is 4. The molecule has 0 amide bonds. The Morgan fingerprint density at radius 2 is 2.16 bits per heavy atom. The predicted molar refractivity (Wildman–Crippen MR) is 79.4 cm³/mol. The van der Waals surface area contributed by atoms with Gasteiger partial charge in [-0.1, -0.05) is 27.7 Å². The number of hydrogen-bond donors (Lipinski definition) is 2. The van der Waals surface area contributed by atoms with Crippen molar-refractivity contribution in [2.24, 2.45) is 22.2 Å². The van der Waals surface area contributed by atoms with Crippen LogP contribution in [0.1, 0.15) is 41.0 Å². The first-order chi connectivity index (χ1) is 8.96. The fraction of sp³-hybridized carbons (Fsp3) is 0.933. The molecule has 4 heteroatoms. The molecular weight excluding hydrogens is 238 g/mol. The predicted octanol–water partition coefficient (Wildman–Crippen LogP) is 2.01. The molecule has 0 spiro atoms. The quantitative estimate of drug-likeness (QED) is 0.605. The highest BCUT2D eigenvalue weighted by Crippen LogP contribution is 2.52. The van der Waals surface area contributed by atoms with Gasteiger partial charge in [-0.25, -0.2) is 0 Å². The van der Waals surface area contributed by atoms with E-state index in [-0.39, 0.29) is 5.41 Å². The van der Waals surface area contributed by atoms with E-state index in [9.17, 15) is 0 Å². The van der Waals surface area contributed by atoms with E-state index in [1.807, 2.05) is 0 Å². The molecule has 4 nitrogen and oxygen atoms in total. The maximum atomic E-state index is 5.84. The van der Waals surface area contributed by atoms with E-state index in [2.05, 4.69) is 50.2 Å². The van der Waals surface area contributed by atoms with Crippen LogP contribution in [-0.4, -0.2) is 37.8 Å². The lowest BCUT2D eigenvalue weighted by Crippen LogP contribution is -2.68. The molecule has 1 saturated carbocycles. The van der Waals surface area contributed by atoms with Crippen LogP contribution in [-0.2, 0) is 4.74 Å². The van der Waals surface area contributed by atoms with Gasteiger partial charge in [0.15, 0.2) is 5.96 Å². The highest BCUT2D eigenvalue weighted by atomic mass is 16.5. The topological polar surface area (TPSA) is 45.7 Å². The third kappa shape index (κ3) is 2.88. The van der Waals surface area contributed by atoms with Gasteiger partial charge >= 0.3 is 0 Å². The molecule has 0 radical (unpaired) electrons. The molecule has 2 N–H and O–H groups in total. The fourth-order valence-corrected chi connectivity index (χ4v) is 3.36. The lowest BCUT2D eigenvalue weighted by molar-refractivity contribution is -0.106. The summed E-state index contributed by atoms with van der Waals surface area (Å²) in [5, 5.41) is 6.98. The molecule has 2 fully saturated rings. The van der Waals surface area contributed by atoms with Crippen LogP contribution in [0.15, 0.2) is 4.99 Å². The van der Waals surface area contributed by atoms with Crippen molar-refractivity contribution in [1.29, 1.82) is 0 Å². The maximum Gasteiger partial charge on any atom is 0.191 e. The van der Waals surface area contributed by atoms with Crippen LogP contribution in [0.5, 0.6) is 0 Å². The molecular formula is C15H29N3O. The number of hydrogen-bond acceptors (Lipinski definition) is 2. The number of nitrogens with one attached hydrogen (secondary N) is 2. The number of ether oxygens (including phenoxy) is 1. The molecule has 1 heterocycles. The van der Waals surface area contributed by atoms with Crippen molar-refractivity contribution in [2.75, 3.05) is 19.7 Å². The highest BCUT2D eigenvalue weighted by Gasteiger charge is 2.59. The zero-order valence-electron chi connectivity index (χ0n) is 13.0. The van der Waals surface area contributed by atoms with E-state index < -0.39 is 0 Å². The molecule has 0 aromatic rings.